The number of carboxylic acids is 1. The summed E-state index contributed by atoms with van der Waals surface area (Å²) in [5.41, 5.74) is 5.64. The quantitative estimate of drug-likeness (QED) is 0.645. The number of rotatable bonds is 2. The zero-order chi connectivity index (χ0) is 7.56. The molecule has 0 aromatic carbocycles. The van der Waals surface area contributed by atoms with Crippen LogP contribution in [-0.4, -0.2) is 15.4 Å². The summed E-state index contributed by atoms with van der Waals surface area (Å²) in [5.74, 6) is -1.05. The van der Waals surface area contributed by atoms with Crippen LogP contribution in [0.1, 0.15) is 11.7 Å². The third kappa shape index (κ3) is 1.31. The maximum Gasteiger partial charge on any atom is 0.326 e. The molecule has 0 aliphatic carbocycles. The fourth-order valence-electron chi connectivity index (χ4n) is 0.509. The van der Waals surface area contributed by atoms with Crippen molar-refractivity contribution in [2.45, 2.75) is 6.04 Å². The predicted molar refractivity (Wildman–Crippen MR) is 36.7 cm³/mol. The lowest BCUT2D eigenvalue weighted by molar-refractivity contribution is -0.138. The van der Waals surface area contributed by atoms with Crippen LogP contribution in [-0.2, 0) is 4.79 Å². The summed E-state index contributed by atoms with van der Waals surface area (Å²) in [6, 6.07) is 0.620. The van der Waals surface area contributed by atoms with Crippen molar-refractivity contribution in [1.29, 1.82) is 0 Å². The van der Waals surface area contributed by atoms with Gasteiger partial charge in [0.2, 0.25) is 0 Å². The van der Waals surface area contributed by atoms with E-state index in [9.17, 15) is 4.79 Å². The number of carbonyl (C=O) groups is 1. The van der Waals surface area contributed by atoms with E-state index in [1.807, 2.05) is 0 Å². The van der Waals surface area contributed by atoms with E-state index in [4.69, 9.17) is 10.8 Å². The van der Waals surface area contributed by atoms with Gasteiger partial charge >= 0.3 is 5.97 Å². The van der Waals surface area contributed by atoms with Crippen molar-refractivity contribution in [2.24, 2.45) is 5.73 Å². The fraction of sp³-hybridized carbons (Fsp3) is 0.200. The summed E-state index contributed by atoms with van der Waals surface area (Å²) in [5, 5.41) is 10.1. The van der Waals surface area contributed by atoms with E-state index in [1.54, 1.807) is 11.4 Å². The fourth-order valence-corrected chi connectivity index (χ4v) is 1.07. The number of nitrogens with zero attached hydrogens (tertiary/aromatic N) is 1. The summed E-state index contributed by atoms with van der Waals surface area (Å²) in [7, 11) is 0. The number of hydrogen-bond donors (Lipinski definition) is 2. The summed E-state index contributed by atoms with van der Waals surface area (Å²) in [6.45, 7) is 0. The first kappa shape index (κ1) is 7.17. The molecule has 0 aliphatic heterocycles. The average Bonchev–Trinajstić information content (AvgIpc) is 2.36. The molecule has 0 aliphatic rings. The summed E-state index contributed by atoms with van der Waals surface area (Å²) >= 11 is 1.19. The first-order chi connectivity index (χ1) is 4.72. The Morgan fingerprint density at radius 3 is 3.00 bits per heavy atom. The molecule has 54 valence electrons. The second-order valence-electron chi connectivity index (χ2n) is 1.74. The number of nitrogens with two attached hydrogens (primary N) is 1. The van der Waals surface area contributed by atoms with Crippen LogP contribution in [0.2, 0.25) is 0 Å². The molecular weight excluding hydrogens is 152 g/mol. The maximum absolute atomic E-state index is 10.2. The van der Waals surface area contributed by atoms with Gasteiger partial charge in [-0.3, -0.25) is 4.79 Å². The van der Waals surface area contributed by atoms with E-state index >= 15 is 0 Å². The Bertz CT molecular complexity index is 222. The Morgan fingerprint density at radius 1 is 1.90 bits per heavy atom. The van der Waals surface area contributed by atoms with Crippen LogP contribution in [0.3, 0.4) is 0 Å². The van der Waals surface area contributed by atoms with E-state index in [2.05, 4.69) is 4.37 Å². The molecule has 0 fully saturated rings. The Kier molecular flexibility index (Phi) is 1.98. The van der Waals surface area contributed by atoms with Crippen LogP contribution in [0.4, 0.5) is 0 Å². The molecular formula is C5H6N2O2S. The molecule has 3 N–H and O–H groups in total. The lowest BCUT2D eigenvalue weighted by Crippen LogP contribution is -2.20. The van der Waals surface area contributed by atoms with Crippen molar-refractivity contribution in [2.75, 3.05) is 0 Å². The van der Waals surface area contributed by atoms with E-state index in [0.29, 0.717) is 5.69 Å². The van der Waals surface area contributed by atoms with E-state index < -0.39 is 12.0 Å². The van der Waals surface area contributed by atoms with E-state index in [1.165, 1.54) is 11.5 Å². The predicted octanol–water partition coefficient (Wildman–Crippen LogP) is 0.228. The SMILES string of the molecule is NC(C(=O)O)c1ccsn1. The van der Waals surface area contributed by atoms with E-state index in [0.717, 1.165) is 0 Å². The summed E-state index contributed by atoms with van der Waals surface area (Å²) in [4.78, 5) is 10.2. The molecule has 0 spiro atoms. The number of aliphatic carboxylic acids is 1. The molecule has 1 aromatic rings. The van der Waals surface area contributed by atoms with Gasteiger partial charge in [-0.15, -0.1) is 0 Å². The minimum absolute atomic E-state index is 0.414. The van der Waals surface area contributed by atoms with Crippen LogP contribution in [0.5, 0.6) is 0 Å². The lowest BCUT2D eigenvalue weighted by Gasteiger charge is -1.98. The van der Waals surface area contributed by atoms with Crippen molar-refractivity contribution in [1.82, 2.24) is 4.37 Å². The molecule has 1 atom stereocenters. The zero-order valence-corrected chi connectivity index (χ0v) is 5.84. The van der Waals surface area contributed by atoms with Gasteiger partial charge in [0.25, 0.3) is 0 Å². The summed E-state index contributed by atoms with van der Waals surface area (Å²) < 4.78 is 3.77. The molecule has 0 amide bonds. The highest BCUT2D eigenvalue weighted by Crippen LogP contribution is 2.08. The molecule has 0 radical (unpaired) electrons. The van der Waals surface area contributed by atoms with Gasteiger partial charge < -0.3 is 10.8 Å². The van der Waals surface area contributed by atoms with Gasteiger partial charge in [-0.05, 0) is 17.6 Å². The number of carboxylic acid groups (broad SMARTS) is 1. The maximum atomic E-state index is 10.2. The molecule has 4 nitrogen and oxygen atoms in total. The normalized spacial score (nSPS) is 12.9. The van der Waals surface area contributed by atoms with E-state index in [-0.39, 0.29) is 0 Å². The highest BCUT2D eigenvalue weighted by molar-refractivity contribution is 7.03. The molecule has 0 bridgehead atoms. The Labute approximate surface area is 61.5 Å². The molecule has 1 heterocycles. The number of aromatic nitrogens is 1. The van der Waals surface area contributed by atoms with Gasteiger partial charge in [-0.1, -0.05) is 0 Å². The minimum atomic E-state index is -1.05. The second-order valence-corrected chi connectivity index (χ2v) is 2.41. The van der Waals surface area contributed by atoms with Crippen LogP contribution >= 0.6 is 11.5 Å². The van der Waals surface area contributed by atoms with Gasteiger partial charge in [-0.25, -0.2) is 0 Å². The van der Waals surface area contributed by atoms with Gasteiger partial charge in [0.05, 0.1) is 5.69 Å². The van der Waals surface area contributed by atoms with Crippen LogP contribution < -0.4 is 5.73 Å². The van der Waals surface area contributed by atoms with Crippen LogP contribution in [0.15, 0.2) is 11.4 Å². The number of hydrogen-bond acceptors (Lipinski definition) is 4. The third-order valence-corrected chi connectivity index (χ3v) is 1.62. The monoisotopic (exact) mass is 158 g/mol. The highest BCUT2D eigenvalue weighted by Gasteiger charge is 2.15. The Balaban J connectivity index is 2.77. The van der Waals surface area contributed by atoms with Crippen LogP contribution in [0.25, 0.3) is 0 Å². The molecule has 1 unspecified atom stereocenters. The van der Waals surface area contributed by atoms with Crippen molar-refractivity contribution < 1.29 is 9.90 Å². The largest absolute Gasteiger partial charge is 0.480 e. The molecule has 10 heavy (non-hydrogen) atoms. The van der Waals surface area contributed by atoms with Crippen LogP contribution in [0, 0.1) is 0 Å². The third-order valence-electron chi connectivity index (χ3n) is 1.04. The topological polar surface area (TPSA) is 76.2 Å². The molecule has 1 aromatic heterocycles. The molecule has 0 saturated carbocycles. The van der Waals surface area contributed by atoms with Crippen molar-refractivity contribution in [3.05, 3.63) is 17.1 Å². The minimum Gasteiger partial charge on any atom is -0.480 e. The summed E-state index contributed by atoms with van der Waals surface area (Å²) in [6.07, 6.45) is 0. The zero-order valence-electron chi connectivity index (χ0n) is 5.02. The Morgan fingerprint density at radius 2 is 2.60 bits per heavy atom. The molecule has 0 saturated heterocycles. The van der Waals surface area contributed by atoms with Gasteiger partial charge in [0.1, 0.15) is 6.04 Å². The lowest BCUT2D eigenvalue weighted by atomic mass is 10.2. The first-order valence-electron chi connectivity index (χ1n) is 2.60. The molecule has 5 heteroatoms. The highest BCUT2D eigenvalue weighted by atomic mass is 32.1. The first-order valence-corrected chi connectivity index (χ1v) is 3.44. The average molecular weight is 158 g/mol. The van der Waals surface area contributed by atoms with Crippen molar-refractivity contribution in [3.8, 4) is 0 Å². The standard InChI is InChI=1S/C5H6N2O2S/c6-4(5(8)9)3-1-2-10-7-3/h1-2,4H,6H2,(H,8,9). The van der Waals surface area contributed by atoms with Crippen molar-refractivity contribution >= 4 is 17.5 Å². The molecule has 1 rings (SSSR count). The van der Waals surface area contributed by atoms with Gasteiger partial charge in [-0.2, -0.15) is 4.37 Å². The van der Waals surface area contributed by atoms with Crippen molar-refractivity contribution in [3.63, 3.8) is 0 Å². The second kappa shape index (κ2) is 2.76. The smallest absolute Gasteiger partial charge is 0.326 e. The van der Waals surface area contributed by atoms with Gasteiger partial charge in [0.15, 0.2) is 0 Å². The van der Waals surface area contributed by atoms with Gasteiger partial charge in [0, 0.05) is 5.38 Å². The Hall–Kier alpha value is -0.940.